The maximum atomic E-state index is 12.5. The van der Waals surface area contributed by atoms with Gasteiger partial charge in [-0.15, -0.1) is 0 Å². The molecule has 2 aromatic rings. The van der Waals surface area contributed by atoms with Crippen molar-refractivity contribution in [3.8, 4) is 6.07 Å². The molecule has 0 spiro atoms. The summed E-state index contributed by atoms with van der Waals surface area (Å²) in [4.78, 5) is 24.4. The average molecular weight is 296 g/mol. The Hall–Kier alpha value is -2.61. The van der Waals surface area contributed by atoms with Gasteiger partial charge in [-0.1, -0.05) is 18.2 Å². The molecule has 22 heavy (non-hydrogen) atoms. The lowest BCUT2D eigenvalue weighted by Crippen LogP contribution is -2.37. The topological polar surface area (TPSA) is 83.1 Å². The third kappa shape index (κ3) is 2.73. The van der Waals surface area contributed by atoms with Crippen LogP contribution in [0.1, 0.15) is 31.4 Å². The third-order valence-electron chi connectivity index (χ3n) is 3.90. The first-order valence-electron chi connectivity index (χ1n) is 7.32. The maximum Gasteiger partial charge on any atom is 0.245 e. The van der Waals surface area contributed by atoms with Gasteiger partial charge in [-0.3, -0.25) is 9.59 Å². The van der Waals surface area contributed by atoms with Crippen LogP contribution in [0.2, 0.25) is 0 Å². The predicted molar refractivity (Wildman–Crippen MR) is 79.9 cm³/mol. The van der Waals surface area contributed by atoms with E-state index in [1.165, 1.54) is 0 Å². The minimum atomic E-state index is -1.29. The lowest BCUT2D eigenvalue weighted by Gasteiger charge is -2.12. The Morgan fingerprint density at radius 3 is 2.73 bits per heavy atom. The average Bonchev–Trinajstić information content (AvgIpc) is 3.21. The van der Waals surface area contributed by atoms with Crippen molar-refractivity contribution in [2.45, 2.75) is 31.7 Å². The fourth-order valence-corrected chi connectivity index (χ4v) is 2.37. The number of ketones is 1. The number of hydrogen-bond donors (Lipinski definition) is 1. The molecule has 5 nitrogen and oxygen atoms in total. The molecule has 0 unspecified atom stereocenters. The van der Waals surface area contributed by atoms with Crippen LogP contribution in [0.25, 0.3) is 11.0 Å². The van der Waals surface area contributed by atoms with Crippen molar-refractivity contribution in [3.63, 3.8) is 0 Å². The molecule has 1 saturated carbocycles. The van der Waals surface area contributed by atoms with E-state index < -0.39 is 23.5 Å². The lowest BCUT2D eigenvalue weighted by molar-refractivity contribution is -0.132. The molecule has 3 rings (SSSR count). The number of Topliss-reactive ketones (excluding diaryl/α,β-unsaturated/α-hetero) is 1. The zero-order valence-corrected chi connectivity index (χ0v) is 12.2. The van der Waals surface area contributed by atoms with E-state index in [-0.39, 0.29) is 6.04 Å². The Bertz CT molecular complexity index is 735. The Morgan fingerprint density at radius 2 is 2.09 bits per heavy atom. The normalized spacial score (nSPS) is 16.7. The van der Waals surface area contributed by atoms with Crippen molar-refractivity contribution in [2.24, 2.45) is 5.92 Å². The monoisotopic (exact) mass is 296 g/mol. The second-order valence-corrected chi connectivity index (χ2v) is 5.66. The molecule has 0 saturated heterocycles. The van der Waals surface area contributed by atoms with Crippen LogP contribution >= 0.6 is 0 Å². The van der Waals surface area contributed by atoms with E-state index in [0.29, 0.717) is 11.3 Å². The molecule has 1 N–H and O–H groups in total. The van der Waals surface area contributed by atoms with Gasteiger partial charge in [0, 0.05) is 11.4 Å². The number of rotatable bonds is 5. The number of nitrogens with zero attached hydrogens (tertiary/aromatic N) is 1. The molecule has 1 aromatic carbocycles. The van der Waals surface area contributed by atoms with Crippen molar-refractivity contribution in [1.29, 1.82) is 5.26 Å². The Balaban J connectivity index is 1.79. The molecule has 0 bridgehead atoms. The molecule has 1 amide bonds. The van der Waals surface area contributed by atoms with Gasteiger partial charge in [0.05, 0.1) is 12.0 Å². The fraction of sp³-hybridized carbons (Fsp3) is 0.353. The molecule has 1 aliphatic rings. The summed E-state index contributed by atoms with van der Waals surface area (Å²) in [6.07, 6.45) is 1.83. The maximum absolute atomic E-state index is 12.5. The Kier molecular flexibility index (Phi) is 3.68. The first-order valence-corrected chi connectivity index (χ1v) is 7.32. The van der Waals surface area contributed by atoms with Crippen molar-refractivity contribution in [3.05, 3.63) is 36.1 Å². The number of furan rings is 1. The summed E-state index contributed by atoms with van der Waals surface area (Å²) in [5.74, 6) is -2.38. The van der Waals surface area contributed by atoms with E-state index in [1.807, 2.05) is 30.3 Å². The zero-order valence-electron chi connectivity index (χ0n) is 12.2. The number of fused-ring (bicyclic) bond motifs is 1. The number of para-hydroxylation sites is 1. The quantitative estimate of drug-likeness (QED) is 0.859. The number of benzene rings is 1. The van der Waals surface area contributed by atoms with Crippen molar-refractivity contribution >= 4 is 22.7 Å². The number of carbonyl (C=O) groups is 2. The van der Waals surface area contributed by atoms with Crippen molar-refractivity contribution in [1.82, 2.24) is 5.32 Å². The van der Waals surface area contributed by atoms with Crippen LogP contribution in [0.5, 0.6) is 0 Å². The standard InChI is InChI=1S/C17H16N2O3/c1-10(15-8-11-4-2-3-5-14(11)22-15)16(20)13(9-18)17(21)19-12-6-7-12/h2-5,8,10,12-13H,6-7H2,1H3,(H,19,21)/t10-,13+/m0/s1. The van der Waals surface area contributed by atoms with Crippen LogP contribution in [-0.4, -0.2) is 17.7 Å². The highest BCUT2D eigenvalue weighted by Crippen LogP contribution is 2.27. The van der Waals surface area contributed by atoms with Crippen LogP contribution in [0, 0.1) is 17.2 Å². The third-order valence-corrected chi connectivity index (χ3v) is 3.90. The van der Waals surface area contributed by atoms with E-state index in [9.17, 15) is 14.9 Å². The fourth-order valence-electron chi connectivity index (χ4n) is 2.37. The second-order valence-electron chi connectivity index (χ2n) is 5.66. The predicted octanol–water partition coefficient (Wildman–Crippen LogP) is 2.52. The van der Waals surface area contributed by atoms with E-state index in [2.05, 4.69) is 5.32 Å². The van der Waals surface area contributed by atoms with Gasteiger partial charge in [0.1, 0.15) is 11.3 Å². The summed E-state index contributed by atoms with van der Waals surface area (Å²) >= 11 is 0. The molecular weight excluding hydrogens is 280 g/mol. The number of hydrogen-bond acceptors (Lipinski definition) is 4. The first kappa shape index (κ1) is 14.3. The molecule has 1 fully saturated rings. The van der Waals surface area contributed by atoms with Crippen molar-refractivity contribution < 1.29 is 14.0 Å². The SMILES string of the molecule is C[C@H](C(=O)[C@@H](C#N)C(=O)NC1CC1)c1cc2ccccc2o1. The van der Waals surface area contributed by atoms with E-state index in [4.69, 9.17) is 4.42 Å². The van der Waals surface area contributed by atoms with Crippen LogP contribution < -0.4 is 5.32 Å². The van der Waals surface area contributed by atoms with Gasteiger partial charge in [0.25, 0.3) is 0 Å². The molecule has 2 atom stereocenters. The highest BCUT2D eigenvalue weighted by molar-refractivity contribution is 6.06. The van der Waals surface area contributed by atoms with Gasteiger partial charge in [0.2, 0.25) is 5.91 Å². The largest absolute Gasteiger partial charge is 0.460 e. The number of nitrogens with one attached hydrogen (secondary N) is 1. The molecule has 5 heteroatoms. The number of amides is 1. The van der Waals surface area contributed by atoms with Crippen LogP contribution in [0.15, 0.2) is 34.7 Å². The molecule has 0 aliphatic heterocycles. The molecular formula is C17H16N2O3. The van der Waals surface area contributed by atoms with Gasteiger partial charge in [0.15, 0.2) is 11.7 Å². The highest BCUT2D eigenvalue weighted by atomic mass is 16.3. The summed E-state index contributed by atoms with van der Waals surface area (Å²) < 4.78 is 5.66. The van der Waals surface area contributed by atoms with Crippen LogP contribution in [-0.2, 0) is 9.59 Å². The molecule has 1 aliphatic carbocycles. The lowest BCUT2D eigenvalue weighted by atomic mass is 9.92. The zero-order chi connectivity index (χ0) is 15.7. The minimum Gasteiger partial charge on any atom is -0.460 e. The molecule has 1 heterocycles. The minimum absolute atomic E-state index is 0.123. The Morgan fingerprint density at radius 1 is 1.36 bits per heavy atom. The van der Waals surface area contributed by atoms with Gasteiger partial charge >= 0.3 is 0 Å². The smallest absolute Gasteiger partial charge is 0.245 e. The van der Waals surface area contributed by atoms with Gasteiger partial charge < -0.3 is 9.73 Å². The highest BCUT2D eigenvalue weighted by Gasteiger charge is 2.35. The van der Waals surface area contributed by atoms with E-state index in [0.717, 1.165) is 18.2 Å². The first-order chi connectivity index (χ1) is 10.6. The van der Waals surface area contributed by atoms with E-state index in [1.54, 1.807) is 13.0 Å². The molecule has 1 aromatic heterocycles. The van der Waals surface area contributed by atoms with Crippen LogP contribution in [0.4, 0.5) is 0 Å². The van der Waals surface area contributed by atoms with Gasteiger partial charge in [-0.25, -0.2) is 0 Å². The summed E-state index contributed by atoms with van der Waals surface area (Å²) in [7, 11) is 0. The summed E-state index contributed by atoms with van der Waals surface area (Å²) in [5.41, 5.74) is 0.688. The molecule has 112 valence electrons. The van der Waals surface area contributed by atoms with Crippen LogP contribution in [0.3, 0.4) is 0 Å². The van der Waals surface area contributed by atoms with Gasteiger partial charge in [-0.05, 0) is 31.9 Å². The molecule has 0 radical (unpaired) electrons. The number of nitriles is 1. The Labute approximate surface area is 127 Å². The summed E-state index contributed by atoms with van der Waals surface area (Å²) in [6, 6.07) is 11.2. The summed E-state index contributed by atoms with van der Waals surface area (Å²) in [6.45, 7) is 1.66. The number of carbonyl (C=O) groups excluding carboxylic acids is 2. The van der Waals surface area contributed by atoms with Crippen molar-refractivity contribution in [2.75, 3.05) is 0 Å². The van der Waals surface area contributed by atoms with Gasteiger partial charge in [-0.2, -0.15) is 5.26 Å². The summed E-state index contributed by atoms with van der Waals surface area (Å²) in [5, 5.41) is 12.8. The van der Waals surface area contributed by atoms with E-state index >= 15 is 0 Å². The second kappa shape index (κ2) is 5.64.